The fourth-order valence-electron chi connectivity index (χ4n) is 3.27. The van der Waals surface area contributed by atoms with Gasteiger partial charge in [0.1, 0.15) is 5.75 Å². The number of benzene rings is 3. The minimum atomic E-state index is -0.460. The van der Waals surface area contributed by atoms with E-state index in [2.05, 4.69) is 4.98 Å². The summed E-state index contributed by atoms with van der Waals surface area (Å²) in [7, 11) is 0. The maximum Gasteiger partial charge on any atom is 0.270 e. The molecule has 0 fully saturated rings. The molecule has 0 unspecified atom stereocenters. The molecule has 3 aromatic carbocycles. The number of hydrogen-bond donors (Lipinski definition) is 0. The average molecular weight is 460 g/mol. The van der Waals surface area contributed by atoms with Crippen LogP contribution >= 0.6 is 11.3 Å². The number of nitrogens with zero attached hydrogens (tertiary/aromatic N) is 3. The minimum absolute atomic E-state index is 0.0259. The predicted octanol–water partition coefficient (Wildman–Crippen LogP) is 5.85. The Hall–Kier alpha value is -4.04. The molecule has 166 valence electrons. The number of aromatic nitrogens is 1. The molecule has 0 spiro atoms. The highest BCUT2D eigenvalue weighted by Crippen LogP contribution is 2.32. The Balaban J connectivity index is 1.66. The van der Waals surface area contributed by atoms with Crippen molar-refractivity contribution in [3.8, 4) is 5.75 Å². The molecule has 0 N–H and O–H groups in total. The van der Waals surface area contributed by atoms with Gasteiger partial charge in [-0.25, -0.2) is 4.98 Å². The third-order valence-corrected chi connectivity index (χ3v) is 5.88. The van der Waals surface area contributed by atoms with Gasteiger partial charge in [0, 0.05) is 18.2 Å². The zero-order valence-corrected chi connectivity index (χ0v) is 18.7. The summed E-state index contributed by atoms with van der Waals surface area (Å²) in [4.78, 5) is 30.1. The van der Waals surface area contributed by atoms with E-state index >= 15 is 0 Å². The van der Waals surface area contributed by atoms with Crippen LogP contribution in [0.3, 0.4) is 0 Å². The number of anilines is 1. The summed E-state index contributed by atoms with van der Waals surface area (Å²) in [5.74, 6) is 0.487. The smallest absolute Gasteiger partial charge is 0.270 e. The SMILES string of the molecule is CCOc1ccc2nc(N(Cc3ccccc3)C(=O)/C=C/c3cccc([N+](=O)[O-])c3)sc2c1. The fraction of sp³-hybridized carbons (Fsp3) is 0.120. The van der Waals surface area contributed by atoms with Crippen molar-refractivity contribution in [1.82, 2.24) is 4.98 Å². The quantitative estimate of drug-likeness (QED) is 0.187. The van der Waals surface area contributed by atoms with E-state index in [1.807, 2.05) is 55.5 Å². The number of thiazole rings is 1. The third-order valence-electron chi connectivity index (χ3n) is 4.84. The van der Waals surface area contributed by atoms with Crippen LogP contribution in [0.15, 0.2) is 78.9 Å². The Morgan fingerprint density at radius 1 is 1.12 bits per heavy atom. The van der Waals surface area contributed by atoms with E-state index in [4.69, 9.17) is 4.74 Å². The van der Waals surface area contributed by atoms with Crippen LogP contribution in [0.1, 0.15) is 18.1 Å². The van der Waals surface area contributed by atoms with Crippen molar-refractivity contribution in [2.24, 2.45) is 0 Å². The highest BCUT2D eigenvalue weighted by Gasteiger charge is 2.19. The molecular formula is C25H21N3O4S. The highest BCUT2D eigenvalue weighted by molar-refractivity contribution is 7.22. The summed E-state index contributed by atoms with van der Waals surface area (Å²) in [5, 5.41) is 11.6. The number of non-ortho nitro benzene ring substituents is 1. The summed E-state index contributed by atoms with van der Waals surface area (Å²) in [6.07, 6.45) is 2.99. The van der Waals surface area contributed by atoms with Crippen LogP contribution in [0, 0.1) is 10.1 Å². The van der Waals surface area contributed by atoms with Crippen molar-refractivity contribution in [3.63, 3.8) is 0 Å². The maximum atomic E-state index is 13.2. The van der Waals surface area contributed by atoms with Gasteiger partial charge in [0.15, 0.2) is 5.13 Å². The Kier molecular flexibility index (Phi) is 6.75. The Bertz CT molecular complexity index is 1320. The van der Waals surface area contributed by atoms with E-state index in [9.17, 15) is 14.9 Å². The van der Waals surface area contributed by atoms with Gasteiger partial charge in [-0.05, 0) is 42.3 Å². The summed E-state index contributed by atoms with van der Waals surface area (Å²) < 4.78 is 6.50. The van der Waals surface area contributed by atoms with Crippen molar-refractivity contribution in [2.75, 3.05) is 11.5 Å². The molecule has 0 aliphatic heterocycles. The number of carbonyl (C=O) groups excluding carboxylic acids is 1. The van der Waals surface area contributed by atoms with E-state index in [1.165, 1.54) is 29.5 Å². The zero-order valence-electron chi connectivity index (χ0n) is 17.9. The number of ether oxygens (including phenoxy) is 1. The normalized spacial score (nSPS) is 11.1. The topological polar surface area (TPSA) is 85.6 Å². The average Bonchev–Trinajstić information content (AvgIpc) is 3.25. The predicted molar refractivity (Wildman–Crippen MR) is 131 cm³/mol. The standard InChI is InChI=1S/C25H21N3O4S/c1-2-32-21-12-13-22-23(16-21)33-25(26-22)27(17-19-7-4-3-5-8-19)24(29)14-11-18-9-6-10-20(15-18)28(30)31/h3-16H,2,17H2,1H3/b14-11+. The Labute approximate surface area is 194 Å². The first-order valence-corrected chi connectivity index (χ1v) is 11.2. The molecule has 4 aromatic rings. The molecule has 0 saturated carbocycles. The van der Waals surface area contributed by atoms with Gasteiger partial charge in [-0.1, -0.05) is 53.8 Å². The van der Waals surface area contributed by atoms with E-state index < -0.39 is 4.92 Å². The molecule has 0 aliphatic rings. The second-order valence-corrected chi connectivity index (χ2v) is 8.16. The lowest BCUT2D eigenvalue weighted by atomic mass is 10.2. The van der Waals surface area contributed by atoms with Crippen LogP contribution in [-0.4, -0.2) is 22.4 Å². The number of nitro benzene ring substituents is 1. The molecule has 0 aliphatic carbocycles. The van der Waals surface area contributed by atoms with Crippen LogP contribution in [0.5, 0.6) is 5.75 Å². The van der Waals surface area contributed by atoms with E-state index in [0.29, 0.717) is 23.8 Å². The molecule has 1 amide bonds. The Morgan fingerprint density at radius 2 is 1.94 bits per heavy atom. The van der Waals surface area contributed by atoms with Crippen molar-refractivity contribution >= 4 is 44.4 Å². The molecule has 0 saturated heterocycles. The minimum Gasteiger partial charge on any atom is -0.494 e. The molecule has 0 radical (unpaired) electrons. The van der Waals surface area contributed by atoms with Crippen molar-refractivity contribution in [3.05, 3.63) is 100 Å². The van der Waals surface area contributed by atoms with Gasteiger partial charge in [-0.2, -0.15) is 0 Å². The summed E-state index contributed by atoms with van der Waals surface area (Å²) >= 11 is 1.41. The number of amides is 1. The molecule has 0 atom stereocenters. The van der Waals surface area contributed by atoms with E-state index in [-0.39, 0.29) is 11.6 Å². The molecule has 8 heteroatoms. The lowest BCUT2D eigenvalue weighted by Gasteiger charge is -2.18. The van der Waals surface area contributed by atoms with E-state index in [1.54, 1.807) is 23.1 Å². The van der Waals surface area contributed by atoms with Crippen LogP contribution < -0.4 is 9.64 Å². The molecule has 1 heterocycles. The maximum absolute atomic E-state index is 13.2. The van der Waals surface area contributed by atoms with Crippen LogP contribution in [0.25, 0.3) is 16.3 Å². The van der Waals surface area contributed by atoms with Crippen molar-refractivity contribution < 1.29 is 14.5 Å². The molecule has 0 bridgehead atoms. The number of hydrogen-bond acceptors (Lipinski definition) is 6. The monoisotopic (exact) mass is 459 g/mol. The molecule has 33 heavy (non-hydrogen) atoms. The summed E-state index contributed by atoms with van der Waals surface area (Å²) in [6.45, 7) is 2.84. The number of fused-ring (bicyclic) bond motifs is 1. The fourth-order valence-corrected chi connectivity index (χ4v) is 4.27. The van der Waals surface area contributed by atoms with Crippen LogP contribution in [0.2, 0.25) is 0 Å². The molecule has 7 nitrogen and oxygen atoms in total. The lowest BCUT2D eigenvalue weighted by Crippen LogP contribution is -2.28. The first-order valence-electron chi connectivity index (χ1n) is 10.3. The van der Waals surface area contributed by atoms with Gasteiger partial charge < -0.3 is 4.74 Å². The van der Waals surface area contributed by atoms with Crippen LogP contribution in [0.4, 0.5) is 10.8 Å². The van der Waals surface area contributed by atoms with E-state index in [0.717, 1.165) is 21.5 Å². The highest BCUT2D eigenvalue weighted by atomic mass is 32.1. The second kappa shape index (κ2) is 10.1. The number of carbonyl (C=O) groups is 1. The van der Waals surface area contributed by atoms with Crippen molar-refractivity contribution in [1.29, 1.82) is 0 Å². The zero-order chi connectivity index (χ0) is 23.2. The van der Waals surface area contributed by atoms with Gasteiger partial charge in [0.2, 0.25) is 0 Å². The Morgan fingerprint density at radius 3 is 2.70 bits per heavy atom. The van der Waals surface area contributed by atoms with Crippen molar-refractivity contribution in [2.45, 2.75) is 13.5 Å². The second-order valence-electron chi connectivity index (χ2n) is 7.15. The van der Waals surface area contributed by atoms with Gasteiger partial charge in [-0.15, -0.1) is 0 Å². The van der Waals surface area contributed by atoms with Gasteiger partial charge in [0.05, 0.1) is 28.3 Å². The van der Waals surface area contributed by atoms with Gasteiger partial charge in [-0.3, -0.25) is 19.8 Å². The molecule has 4 rings (SSSR count). The van der Waals surface area contributed by atoms with Gasteiger partial charge >= 0.3 is 0 Å². The van der Waals surface area contributed by atoms with Gasteiger partial charge in [0.25, 0.3) is 11.6 Å². The molecular weight excluding hydrogens is 438 g/mol. The number of rotatable bonds is 8. The summed E-state index contributed by atoms with van der Waals surface area (Å²) in [5.41, 5.74) is 2.29. The number of nitro groups is 1. The first kappa shape index (κ1) is 22.2. The third kappa shape index (κ3) is 5.42. The summed E-state index contributed by atoms with van der Waals surface area (Å²) in [6, 6.07) is 21.5. The lowest BCUT2D eigenvalue weighted by molar-refractivity contribution is -0.384. The molecule has 1 aromatic heterocycles. The first-order chi connectivity index (χ1) is 16.0. The van der Waals surface area contributed by atoms with Crippen LogP contribution in [-0.2, 0) is 11.3 Å². The largest absolute Gasteiger partial charge is 0.494 e.